The van der Waals surface area contributed by atoms with E-state index < -0.39 is 36.9 Å². The van der Waals surface area contributed by atoms with Gasteiger partial charge in [0.2, 0.25) is 0 Å². The molecule has 0 aromatic heterocycles. The van der Waals surface area contributed by atoms with Gasteiger partial charge in [-0.3, -0.25) is 19.3 Å². The second kappa shape index (κ2) is 7.25. The first-order valence-corrected chi connectivity index (χ1v) is 5.98. The lowest BCUT2D eigenvalue weighted by molar-refractivity contribution is -0.152. The number of aromatic hydroxyl groups is 1. The Bertz CT molecular complexity index is 543. The van der Waals surface area contributed by atoms with Crippen LogP contribution in [0.3, 0.4) is 0 Å². The molecule has 1 aromatic rings. The standard InChI is InChI=1S/C13H15NO7/c15-10-4-2-1-3-8(10)6-14(7-12(18)19)9(13(20)21)5-11(16)17/h1-4,9,15H,5-7H2,(H,16,17)(H,18,19)(H,20,21)/t9-/m0/s1. The number of carboxylic acids is 3. The maximum Gasteiger partial charge on any atom is 0.321 e. The van der Waals surface area contributed by atoms with Crippen LogP contribution in [0, 0.1) is 0 Å². The summed E-state index contributed by atoms with van der Waals surface area (Å²) in [5, 5.41) is 36.4. The Balaban J connectivity index is 3.03. The molecule has 114 valence electrons. The summed E-state index contributed by atoms with van der Waals surface area (Å²) in [6.07, 6.45) is -0.740. The SMILES string of the molecule is O=C(O)C[C@@H](C(=O)O)N(CC(=O)O)Cc1ccccc1O. The van der Waals surface area contributed by atoms with E-state index in [0.29, 0.717) is 5.56 Å². The number of para-hydroxylation sites is 1. The summed E-state index contributed by atoms with van der Waals surface area (Å²) in [5.74, 6) is -4.20. The van der Waals surface area contributed by atoms with Crippen molar-refractivity contribution in [1.29, 1.82) is 0 Å². The van der Waals surface area contributed by atoms with Crippen LogP contribution >= 0.6 is 0 Å². The van der Waals surface area contributed by atoms with E-state index in [2.05, 4.69) is 0 Å². The highest BCUT2D eigenvalue weighted by atomic mass is 16.4. The molecule has 0 bridgehead atoms. The molecule has 8 nitrogen and oxygen atoms in total. The Labute approximate surface area is 119 Å². The second-order valence-electron chi connectivity index (χ2n) is 4.38. The molecule has 0 radical (unpaired) electrons. The number of hydrogen-bond donors (Lipinski definition) is 4. The minimum Gasteiger partial charge on any atom is -0.508 e. The molecule has 0 heterocycles. The van der Waals surface area contributed by atoms with Crippen molar-refractivity contribution in [3.8, 4) is 5.75 Å². The summed E-state index contributed by atoms with van der Waals surface area (Å²) < 4.78 is 0. The van der Waals surface area contributed by atoms with Crippen molar-refractivity contribution in [3.05, 3.63) is 29.8 Å². The maximum atomic E-state index is 11.2. The molecule has 8 heteroatoms. The van der Waals surface area contributed by atoms with Crippen LogP contribution in [0.1, 0.15) is 12.0 Å². The van der Waals surface area contributed by atoms with E-state index in [1.165, 1.54) is 12.1 Å². The fourth-order valence-electron chi connectivity index (χ4n) is 1.85. The largest absolute Gasteiger partial charge is 0.508 e. The number of carboxylic acid groups (broad SMARTS) is 3. The first-order chi connectivity index (χ1) is 9.81. The highest BCUT2D eigenvalue weighted by Gasteiger charge is 2.30. The van der Waals surface area contributed by atoms with E-state index in [0.717, 1.165) is 4.90 Å². The predicted octanol–water partition coefficient (Wildman–Crippen LogP) is 0.207. The fraction of sp³-hybridized carbons (Fsp3) is 0.308. The van der Waals surface area contributed by atoms with E-state index >= 15 is 0 Å². The van der Waals surface area contributed by atoms with Gasteiger partial charge in [0, 0.05) is 12.1 Å². The Morgan fingerprint density at radius 2 is 1.67 bits per heavy atom. The van der Waals surface area contributed by atoms with Gasteiger partial charge in [-0.05, 0) is 6.07 Å². The number of phenolic OH excluding ortho intramolecular Hbond substituents is 1. The lowest BCUT2D eigenvalue weighted by Gasteiger charge is -2.26. The first kappa shape index (κ1) is 16.4. The smallest absolute Gasteiger partial charge is 0.321 e. The molecule has 1 atom stereocenters. The minimum atomic E-state index is -1.50. The van der Waals surface area contributed by atoms with Crippen molar-refractivity contribution >= 4 is 17.9 Å². The van der Waals surface area contributed by atoms with Crippen molar-refractivity contribution in [3.63, 3.8) is 0 Å². The lowest BCUT2D eigenvalue weighted by atomic mass is 10.1. The molecule has 1 aromatic carbocycles. The summed E-state index contributed by atoms with van der Waals surface area (Å²) in [5.41, 5.74) is 0.315. The minimum absolute atomic E-state index is 0.118. The Morgan fingerprint density at radius 1 is 1.05 bits per heavy atom. The van der Waals surface area contributed by atoms with Gasteiger partial charge in [0.15, 0.2) is 0 Å². The molecule has 0 aliphatic heterocycles. The normalized spacial score (nSPS) is 12.0. The van der Waals surface area contributed by atoms with E-state index in [1.807, 2.05) is 0 Å². The van der Waals surface area contributed by atoms with Crippen LogP contribution in [0.25, 0.3) is 0 Å². The summed E-state index contributed by atoms with van der Waals surface area (Å²) in [4.78, 5) is 33.7. The summed E-state index contributed by atoms with van der Waals surface area (Å²) in [7, 11) is 0. The third kappa shape index (κ3) is 5.11. The van der Waals surface area contributed by atoms with Gasteiger partial charge in [-0.2, -0.15) is 0 Å². The molecule has 21 heavy (non-hydrogen) atoms. The van der Waals surface area contributed by atoms with Crippen molar-refractivity contribution < 1.29 is 34.8 Å². The van der Waals surface area contributed by atoms with E-state index in [1.54, 1.807) is 12.1 Å². The third-order valence-electron chi connectivity index (χ3n) is 2.80. The Kier molecular flexibility index (Phi) is 5.67. The number of phenols is 1. The van der Waals surface area contributed by atoms with Crippen molar-refractivity contribution in [2.24, 2.45) is 0 Å². The third-order valence-corrected chi connectivity index (χ3v) is 2.80. The van der Waals surface area contributed by atoms with Crippen LogP contribution in [-0.2, 0) is 20.9 Å². The highest BCUT2D eigenvalue weighted by molar-refractivity contribution is 5.81. The van der Waals surface area contributed by atoms with Crippen LogP contribution in [0.5, 0.6) is 5.75 Å². The van der Waals surface area contributed by atoms with Crippen molar-refractivity contribution in [2.75, 3.05) is 6.54 Å². The molecule has 4 N–H and O–H groups in total. The van der Waals surface area contributed by atoms with Crippen molar-refractivity contribution in [2.45, 2.75) is 19.0 Å². The zero-order valence-electron chi connectivity index (χ0n) is 11.0. The number of aliphatic carboxylic acids is 3. The quantitative estimate of drug-likeness (QED) is 0.534. The molecule has 0 unspecified atom stereocenters. The molecule has 0 saturated heterocycles. The summed E-state index contributed by atoms with van der Waals surface area (Å²) in [6.45, 7) is -0.845. The van der Waals surface area contributed by atoms with Crippen LogP contribution in [-0.4, -0.2) is 55.8 Å². The monoisotopic (exact) mass is 297 g/mol. The number of benzene rings is 1. The zero-order chi connectivity index (χ0) is 16.0. The molecule has 0 fully saturated rings. The predicted molar refractivity (Wildman–Crippen MR) is 69.8 cm³/mol. The molecular formula is C13H15NO7. The number of carbonyl (C=O) groups is 3. The molecular weight excluding hydrogens is 282 g/mol. The van der Waals surface area contributed by atoms with Gasteiger partial charge in [0.25, 0.3) is 0 Å². The van der Waals surface area contributed by atoms with Crippen molar-refractivity contribution in [1.82, 2.24) is 4.90 Å². The van der Waals surface area contributed by atoms with Crippen LogP contribution in [0.4, 0.5) is 0 Å². The molecule has 0 amide bonds. The van der Waals surface area contributed by atoms with Gasteiger partial charge in [-0.1, -0.05) is 18.2 Å². The van der Waals surface area contributed by atoms with Gasteiger partial charge < -0.3 is 20.4 Å². The van der Waals surface area contributed by atoms with E-state index in [-0.39, 0.29) is 12.3 Å². The van der Waals surface area contributed by atoms with Gasteiger partial charge in [-0.25, -0.2) is 0 Å². The molecule has 0 saturated carbocycles. The Morgan fingerprint density at radius 3 is 2.14 bits per heavy atom. The molecule has 0 aliphatic rings. The van der Waals surface area contributed by atoms with E-state index in [4.69, 9.17) is 15.3 Å². The molecule has 0 aliphatic carbocycles. The average molecular weight is 297 g/mol. The van der Waals surface area contributed by atoms with Gasteiger partial charge in [-0.15, -0.1) is 0 Å². The number of hydrogen-bond acceptors (Lipinski definition) is 5. The molecule has 0 spiro atoms. The fourth-order valence-corrected chi connectivity index (χ4v) is 1.85. The maximum absolute atomic E-state index is 11.2. The average Bonchev–Trinajstić information content (AvgIpc) is 2.36. The lowest BCUT2D eigenvalue weighted by Crippen LogP contribution is -2.44. The Hall–Kier alpha value is -2.61. The summed E-state index contributed by atoms with van der Waals surface area (Å²) in [6, 6.07) is 4.54. The van der Waals surface area contributed by atoms with Gasteiger partial charge in [0.05, 0.1) is 13.0 Å². The zero-order valence-corrected chi connectivity index (χ0v) is 11.0. The van der Waals surface area contributed by atoms with Crippen LogP contribution < -0.4 is 0 Å². The highest BCUT2D eigenvalue weighted by Crippen LogP contribution is 2.20. The first-order valence-electron chi connectivity index (χ1n) is 5.98. The second-order valence-corrected chi connectivity index (χ2v) is 4.38. The van der Waals surface area contributed by atoms with E-state index in [9.17, 15) is 19.5 Å². The number of rotatable bonds is 8. The number of nitrogens with zero attached hydrogens (tertiary/aromatic N) is 1. The topological polar surface area (TPSA) is 135 Å². The van der Waals surface area contributed by atoms with Crippen LogP contribution in [0.15, 0.2) is 24.3 Å². The molecule has 1 rings (SSSR count). The summed E-state index contributed by atoms with van der Waals surface area (Å²) >= 11 is 0. The van der Waals surface area contributed by atoms with Gasteiger partial charge in [0.1, 0.15) is 11.8 Å². The van der Waals surface area contributed by atoms with Crippen LogP contribution in [0.2, 0.25) is 0 Å². The van der Waals surface area contributed by atoms with Gasteiger partial charge >= 0.3 is 17.9 Å².